The van der Waals surface area contributed by atoms with Gasteiger partial charge >= 0.3 is 0 Å². The van der Waals surface area contributed by atoms with E-state index in [4.69, 9.17) is 0 Å². The number of aryl methyl sites for hydroxylation is 1. The molecule has 7 nitrogen and oxygen atoms in total. The molecule has 0 aliphatic carbocycles. The van der Waals surface area contributed by atoms with Crippen molar-refractivity contribution in [3.05, 3.63) is 69.7 Å². The van der Waals surface area contributed by atoms with Crippen LogP contribution >= 0.6 is 12.6 Å². The molecule has 0 N–H and O–H groups in total. The molecule has 0 fully saturated rings. The van der Waals surface area contributed by atoms with E-state index < -0.39 is 58.3 Å². The number of nitrogens with zero attached hydrogens (tertiary/aromatic N) is 4. The molecule has 1 aromatic carbocycles. The van der Waals surface area contributed by atoms with Gasteiger partial charge in [0, 0.05) is 19.3 Å². The van der Waals surface area contributed by atoms with Gasteiger partial charge in [-0.15, -0.1) is 0 Å². The molecule has 3 aromatic rings. The molecule has 4 rings (SSSR count). The van der Waals surface area contributed by atoms with Crippen LogP contribution in [-0.4, -0.2) is 44.4 Å². The van der Waals surface area contributed by atoms with E-state index in [2.05, 4.69) is 22.3 Å². The van der Waals surface area contributed by atoms with Crippen LogP contribution in [0.2, 0.25) is 0 Å². The van der Waals surface area contributed by atoms with Crippen LogP contribution in [0.1, 0.15) is 16.2 Å². The Morgan fingerprint density at radius 2 is 1.79 bits per heavy atom. The number of rotatable bonds is 5. The smallest absolute Gasteiger partial charge is 0.275 e. The van der Waals surface area contributed by atoms with Gasteiger partial charge < -0.3 is 18.8 Å². The fraction of sp³-hybridized carbons (Fsp3) is 0.250. The summed E-state index contributed by atoms with van der Waals surface area (Å²) < 4.78 is 75.9. The summed E-state index contributed by atoms with van der Waals surface area (Å²) in [7, 11) is 0. The Kier molecular flexibility index (Phi) is 5.82. The van der Waals surface area contributed by atoms with E-state index in [0.717, 1.165) is 4.90 Å². The fourth-order valence-electron chi connectivity index (χ4n) is 3.42. The van der Waals surface area contributed by atoms with Crippen molar-refractivity contribution in [3.8, 4) is 11.4 Å². The molecule has 1 amide bonds. The number of hydrogen-bond acceptors (Lipinski definition) is 4. The maximum absolute atomic E-state index is 14.5. The quantitative estimate of drug-likeness (QED) is 0.316. The molecule has 3 heterocycles. The van der Waals surface area contributed by atoms with Gasteiger partial charge in [0.1, 0.15) is 16.3 Å². The molecule has 173 valence electrons. The number of aromatic nitrogens is 3. The number of fused-ring (bicyclic) bond motifs is 1. The second kappa shape index (κ2) is 8.46. The van der Waals surface area contributed by atoms with E-state index in [9.17, 15) is 31.5 Å². The highest BCUT2D eigenvalue weighted by Gasteiger charge is 2.31. The van der Waals surface area contributed by atoms with Crippen LogP contribution in [0.3, 0.4) is 0 Å². The van der Waals surface area contributed by atoms with Crippen molar-refractivity contribution in [1.29, 1.82) is 0 Å². The molecule has 33 heavy (non-hydrogen) atoms. The molecule has 1 aliphatic rings. The summed E-state index contributed by atoms with van der Waals surface area (Å²) in [5.74, 6) is -10.2. The van der Waals surface area contributed by atoms with Gasteiger partial charge in [-0.25, -0.2) is 18.2 Å². The third kappa shape index (κ3) is 3.92. The van der Waals surface area contributed by atoms with Gasteiger partial charge in [0.25, 0.3) is 17.8 Å². The highest BCUT2D eigenvalue weighted by molar-refractivity contribution is 7.80. The Labute approximate surface area is 188 Å². The monoisotopic (exact) mass is 485 g/mol. The van der Waals surface area contributed by atoms with Crippen LogP contribution in [-0.2, 0) is 6.54 Å². The van der Waals surface area contributed by atoms with Crippen LogP contribution < -0.4 is 10.3 Å². The molecule has 1 unspecified atom stereocenters. The van der Waals surface area contributed by atoms with E-state index in [0.29, 0.717) is 5.69 Å². The van der Waals surface area contributed by atoms with E-state index in [1.54, 1.807) is 13.1 Å². The van der Waals surface area contributed by atoms with Gasteiger partial charge in [-0.2, -0.15) is 8.78 Å². The average molecular weight is 485 g/mol. The maximum Gasteiger partial charge on any atom is 0.275 e. The number of imidazole rings is 1. The Balaban J connectivity index is 1.54. The van der Waals surface area contributed by atoms with Crippen molar-refractivity contribution in [2.24, 2.45) is 0 Å². The topological polar surface area (TPSA) is 69.4 Å². The Morgan fingerprint density at radius 1 is 1.09 bits per heavy atom. The van der Waals surface area contributed by atoms with E-state index in [1.807, 2.05) is 0 Å². The van der Waals surface area contributed by atoms with Gasteiger partial charge in [0.05, 0.1) is 18.6 Å². The first-order valence-corrected chi connectivity index (χ1v) is 9.88. The van der Waals surface area contributed by atoms with Crippen LogP contribution in [0, 0.1) is 30.2 Å². The number of hydrogen-bond donors (Lipinski definition) is 0. The zero-order valence-electron chi connectivity index (χ0n) is 16.8. The van der Waals surface area contributed by atoms with Gasteiger partial charge in [-0.05, 0) is 19.1 Å². The molecule has 0 spiro atoms. The standard InChI is InChI=1S/C20H14F5N4O3S/c1-9-6-28(8-26-9)10-2-3-11-19(30)27(4-5-29(11)20(10)31)7-12(21)32-17-15(24)13(22)14(23)16(25)18(17)33/h2-3,6,8,12H,4-5,7H2,1H3. The highest BCUT2D eigenvalue weighted by Crippen LogP contribution is 2.34. The van der Waals surface area contributed by atoms with Crippen molar-refractivity contribution in [1.82, 2.24) is 19.0 Å². The molecule has 0 saturated carbocycles. The summed E-state index contributed by atoms with van der Waals surface area (Å²) in [5, 5.41) is 0. The van der Waals surface area contributed by atoms with Crippen molar-refractivity contribution in [3.63, 3.8) is 0 Å². The van der Waals surface area contributed by atoms with Gasteiger partial charge in [0.15, 0.2) is 17.4 Å². The SMILES string of the molecule is Cc1cn(-c2ccc3n(c2=O)CCN(CC(F)Oc2c(F)c(F)c(F)c(F)c2[S])C3=O)cn1. The van der Waals surface area contributed by atoms with E-state index in [1.165, 1.54) is 27.6 Å². The Hall–Kier alpha value is -3.48. The third-order valence-electron chi connectivity index (χ3n) is 5.04. The minimum Gasteiger partial charge on any atom is -0.454 e. The second-order valence-electron chi connectivity index (χ2n) is 7.18. The van der Waals surface area contributed by atoms with Gasteiger partial charge in [-0.1, -0.05) is 12.6 Å². The number of halogens is 5. The maximum atomic E-state index is 14.5. The molecular weight excluding hydrogens is 471 g/mol. The van der Waals surface area contributed by atoms with Crippen molar-refractivity contribution < 1.29 is 31.5 Å². The van der Waals surface area contributed by atoms with Crippen molar-refractivity contribution in [2.45, 2.75) is 24.7 Å². The lowest BCUT2D eigenvalue weighted by Crippen LogP contribution is -2.47. The predicted molar refractivity (Wildman–Crippen MR) is 106 cm³/mol. The zero-order chi connectivity index (χ0) is 24.0. The largest absolute Gasteiger partial charge is 0.454 e. The van der Waals surface area contributed by atoms with Crippen LogP contribution in [0.25, 0.3) is 5.69 Å². The van der Waals surface area contributed by atoms with Crippen LogP contribution in [0.4, 0.5) is 22.0 Å². The normalized spacial score (nSPS) is 14.4. The molecule has 1 atom stereocenters. The van der Waals surface area contributed by atoms with E-state index >= 15 is 0 Å². The lowest BCUT2D eigenvalue weighted by atomic mass is 10.2. The number of amides is 1. The summed E-state index contributed by atoms with van der Waals surface area (Å²) in [6.45, 7) is 0.912. The average Bonchev–Trinajstić information content (AvgIpc) is 3.22. The first-order valence-electron chi connectivity index (χ1n) is 9.48. The minimum atomic E-state index is -2.44. The Bertz CT molecular complexity index is 1300. The summed E-state index contributed by atoms with van der Waals surface area (Å²) in [6.07, 6.45) is 0.648. The predicted octanol–water partition coefficient (Wildman–Crippen LogP) is 3.29. The number of carbonyl (C=O) groups is 1. The Morgan fingerprint density at radius 3 is 2.45 bits per heavy atom. The van der Waals surface area contributed by atoms with Crippen LogP contribution in [0.15, 0.2) is 34.3 Å². The number of carbonyl (C=O) groups excluding carboxylic acids is 1. The summed E-state index contributed by atoms with van der Waals surface area (Å²) in [6, 6.07) is 2.81. The number of pyridine rings is 1. The summed E-state index contributed by atoms with van der Waals surface area (Å²) >= 11 is 4.46. The molecule has 2 aromatic heterocycles. The highest BCUT2D eigenvalue weighted by atomic mass is 32.1. The molecular formula is C20H14F5N4O3S. The lowest BCUT2D eigenvalue weighted by Gasteiger charge is -2.30. The first-order chi connectivity index (χ1) is 15.6. The summed E-state index contributed by atoms with van der Waals surface area (Å²) in [4.78, 5) is 29.4. The molecule has 0 bridgehead atoms. The van der Waals surface area contributed by atoms with Gasteiger partial charge in [-0.3, -0.25) is 9.59 Å². The fourth-order valence-corrected chi connectivity index (χ4v) is 3.65. The summed E-state index contributed by atoms with van der Waals surface area (Å²) in [5.41, 5.74) is 0.475. The van der Waals surface area contributed by atoms with Crippen LogP contribution in [0.5, 0.6) is 5.75 Å². The number of alkyl halides is 1. The second-order valence-corrected chi connectivity index (χ2v) is 7.58. The van der Waals surface area contributed by atoms with Crippen molar-refractivity contribution in [2.75, 3.05) is 13.1 Å². The minimum absolute atomic E-state index is 0.0203. The van der Waals surface area contributed by atoms with E-state index in [-0.39, 0.29) is 24.5 Å². The van der Waals surface area contributed by atoms with Gasteiger partial charge in [0.2, 0.25) is 11.6 Å². The zero-order valence-corrected chi connectivity index (χ0v) is 17.6. The molecule has 1 aliphatic heterocycles. The number of benzene rings is 1. The first kappa shape index (κ1) is 22.7. The van der Waals surface area contributed by atoms with Crippen molar-refractivity contribution >= 4 is 18.5 Å². The third-order valence-corrected chi connectivity index (χ3v) is 5.40. The molecule has 1 radical (unpaired) electrons. The lowest BCUT2D eigenvalue weighted by molar-refractivity contribution is 0.0171. The molecule has 13 heteroatoms. The number of ether oxygens (including phenoxy) is 1. The molecule has 0 saturated heterocycles.